The van der Waals surface area contributed by atoms with Gasteiger partial charge in [-0.1, -0.05) is 0 Å². The number of carbonyl (C=O) groups excluding carboxylic acids is 1. The molecule has 0 radical (unpaired) electrons. The van der Waals surface area contributed by atoms with E-state index >= 15 is 0 Å². The van der Waals surface area contributed by atoms with E-state index in [0.717, 1.165) is 19.0 Å². The van der Waals surface area contributed by atoms with Gasteiger partial charge >= 0.3 is 5.97 Å². The van der Waals surface area contributed by atoms with Crippen LogP contribution in [0, 0.1) is 0 Å². The maximum atomic E-state index is 11.7. The first kappa shape index (κ1) is 12.3. The van der Waals surface area contributed by atoms with Crippen molar-refractivity contribution in [1.29, 1.82) is 0 Å². The fraction of sp³-hybridized carbons (Fsp3) is 0.455. The number of aromatic carboxylic acids is 1. The van der Waals surface area contributed by atoms with E-state index in [2.05, 4.69) is 20.6 Å². The van der Waals surface area contributed by atoms with Crippen molar-refractivity contribution in [3.05, 3.63) is 18.1 Å². The van der Waals surface area contributed by atoms with E-state index < -0.39 is 12.0 Å². The van der Waals surface area contributed by atoms with Crippen LogP contribution in [-0.4, -0.2) is 39.0 Å². The lowest BCUT2D eigenvalue weighted by molar-refractivity contribution is -0.121. The number of anilines is 1. The molecule has 0 spiro atoms. The summed E-state index contributed by atoms with van der Waals surface area (Å²) in [5.74, 6) is -0.853. The van der Waals surface area contributed by atoms with Gasteiger partial charge in [0.15, 0.2) is 5.69 Å². The lowest BCUT2D eigenvalue weighted by Gasteiger charge is -2.13. The van der Waals surface area contributed by atoms with E-state index in [1.807, 2.05) is 0 Å². The molecule has 3 N–H and O–H groups in total. The first-order valence-electron chi connectivity index (χ1n) is 5.68. The normalized spacial score (nSPS) is 15.8. The Morgan fingerprint density at radius 2 is 2.11 bits per heavy atom. The summed E-state index contributed by atoms with van der Waals surface area (Å²) in [4.78, 5) is 29.8. The van der Waals surface area contributed by atoms with Gasteiger partial charge in [0.2, 0.25) is 5.91 Å². The molecule has 0 bridgehead atoms. The molecule has 1 unspecified atom stereocenters. The van der Waals surface area contributed by atoms with E-state index in [4.69, 9.17) is 5.11 Å². The molecule has 96 valence electrons. The van der Waals surface area contributed by atoms with Crippen LogP contribution in [0.15, 0.2) is 12.4 Å². The van der Waals surface area contributed by atoms with Gasteiger partial charge < -0.3 is 15.7 Å². The average Bonchev–Trinajstić information content (AvgIpc) is 3.13. The van der Waals surface area contributed by atoms with Gasteiger partial charge in [0, 0.05) is 6.04 Å². The zero-order chi connectivity index (χ0) is 13.1. The topological polar surface area (TPSA) is 104 Å². The van der Waals surface area contributed by atoms with Crippen LogP contribution in [-0.2, 0) is 4.79 Å². The second kappa shape index (κ2) is 4.99. The number of nitrogens with zero attached hydrogens (tertiary/aromatic N) is 2. The van der Waals surface area contributed by atoms with Crippen LogP contribution in [0.2, 0.25) is 0 Å². The van der Waals surface area contributed by atoms with Gasteiger partial charge in [0.05, 0.1) is 12.4 Å². The molecule has 0 aromatic carbocycles. The highest BCUT2D eigenvalue weighted by Gasteiger charge is 2.25. The molecule has 1 atom stereocenters. The number of carboxylic acid groups (broad SMARTS) is 1. The van der Waals surface area contributed by atoms with Gasteiger partial charge in [-0.2, -0.15) is 0 Å². The van der Waals surface area contributed by atoms with Crippen LogP contribution >= 0.6 is 0 Å². The van der Waals surface area contributed by atoms with Crippen molar-refractivity contribution in [2.75, 3.05) is 5.32 Å². The monoisotopic (exact) mass is 250 g/mol. The van der Waals surface area contributed by atoms with E-state index in [1.54, 1.807) is 6.92 Å². The van der Waals surface area contributed by atoms with E-state index in [0.29, 0.717) is 11.9 Å². The molecule has 1 amide bonds. The smallest absolute Gasteiger partial charge is 0.356 e. The quantitative estimate of drug-likeness (QED) is 0.692. The Kier molecular flexibility index (Phi) is 3.40. The van der Waals surface area contributed by atoms with Crippen molar-refractivity contribution in [2.24, 2.45) is 0 Å². The summed E-state index contributed by atoms with van der Waals surface area (Å²) in [6, 6.07) is -0.127. The maximum Gasteiger partial charge on any atom is 0.356 e. The van der Waals surface area contributed by atoms with Crippen LogP contribution in [0.25, 0.3) is 0 Å². The maximum absolute atomic E-state index is 11.7. The first-order chi connectivity index (χ1) is 8.56. The number of hydrogen-bond donors (Lipinski definition) is 3. The number of carboxylic acids is 1. The van der Waals surface area contributed by atoms with Crippen molar-refractivity contribution >= 4 is 17.7 Å². The third kappa shape index (κ3) is 3.16. The molecule has 1 heterocycles. The summed E-state index contributed by atoms with van der Waals surface area (Å²) >= 11 is 0. The number of nitrogens with one attached hydrogen (secondary N) is 2. The van der Waals surface area contributed by atoms with Crippen LogP contribution in [0.4, 0.5) is 5.82 Å². The second-order valence-corrected chi connectivity index (χ2v) is 4.24. The number of hydrogen-bond acceptors (Lipinski definition) is 5. The van der Waals surface area contributed by atoms with Crippen LogP contribution in [0.3, 0.4) is 0 Å². The summed E-state index contributed by atoms with van der Waals surface area (Å²) in [5, 5.41) is 14.4. The minimum atomic E-state index is -1.13. The van der Waals surface area contributed by atoms with Crippen molar-refractivity contribution in [1.82, 2.24) is 15.3 Å². The summed E-state index contributed by atoms with van der Waals surface area (Å²) < 4.78 is 0. The lowest BCUT2D eigenvalue weighted by atomic mass is 10.3. The first-order valence-corrected chi connectivity index (χ1v) is 5.68. The molecule has 7 heteroatoms. The molecule has 0 saturated heterocycles. The zero-order valence-corrected chi connectivity index (χ0v) is 9.88. The fourth-order valence-electron chi connectivity index (χ4n) is 1.35. The number of aromatic nitrogens is 2. The summed E-state index contributed by atoms with van der Waals surface area (Å²) in [6.45, 7) is 1.71. The molecule has 7 nitrogen and oxygen atoms in total. The third-order valence-corrected chi connectivity index (χ3v) is 2.55. The van der Waals surface area contributed by atoms with Gasteiger partial charge in [-0.25, -0.2) is 14.8 Å². The van der Waals surface area contributed by atoms with Crippen molar-refractivity contribution in [3.8, 4) is 0 Å². The predicted molar refractivity (Wildman–Crippen MR) is 63.2 cm³/mol. The van der Waals surface area contributed by atoms with Gasteiger partial charge in [0.1, 0.15) is 11.9 Å². The second-order valence-electron chi connectivity index (χ2n) is 4.24. The standard InChI is InChI=1S/C11H14N4O3/c1-6(10(16)15-7-2-3-7)14-9-5-12-8(4-13-9)11(17)18/h4-7H,2-3H2,1H3,(H,13,14)(H,15,16)(H,17,18). The number of rotatable bonds is 5. The van der Waals surface area contributed by atoms with Gasteiger partial charge in [0.25, 0.3) is 0 Å². The highest BCUT2D eigenvalue weighted by molar-refractivity contribution is 5.85. The Labute approximate surface area is 104 Å². The highest BCUT2D eigenvalue weighted by atomic mass is 16.4. The molecule has 1 saturated carbocycles. The molecular formula is C11H14N4O3. The summed E-state index contributed by atoms with van der Waals surface area (Å²) in [7, 11) is 0. The molecule has 1 fully saturated rings. The number of carbonyl (C=O) groups is 2. The Hall–Kier alpha value is -2.18. The van der Waals surface area contributed by atoms with Crippen LogP contribution in [0.1, 0.15) is 30.3 Å². The highest BCUT2D eigenvalue weighted by Crippen LogP contribution is 2.18. The van der Waals surface area contributed by atoms with Crippen molar-refractivity contribution in [3.63, 3.8) is 0 Å². The number of amides is 1. The Morgan fingerprint density at radius 1 is 1.39 bits per heavy atom. The average molecular weight is 250 g/mol. The van der Waals surface area contributed by atoms with Gasteiger partial charge in [-0.15, -0.1) is 0 Å². The molecule has 18 heavy (non-hydrogen) atoms. The Bertz CT molecular complexity index is 456. The van der Waals surface area contributed by atoms with Crippen LogP contribution < -0.4 is 10.6 Å². The SMILES string of the molecule is CC(Nc1cnc(C(=O)O)cn1)C(=O)NC1CC1. The van der Waals surface area contributed by atoms with Crippen molar-refractivity contribution in [2.45, 2.75) is 31.8 Å². The molecular weight excluding hydrogens is 236 g/mol. The Morgan fingerprint density at radius 3 is 2.61 bits per heavy atom. The molecule has 1 aliphatic rings. The summed E-state index contributed by atoms with van der Waals surface area (Å²) in [6.07, 6.45) is 4.51. The zero-order valence-electron chi connectivity index (χ0n) is 9.88. The lowest BCUT2D eigenvalue weighted by Crippen LogP contribution is -2.38. The molecule has 1 aliphatic carbocycles. The van der Waals surface area contributed by atoms with Crippen molar-refractivity contribution < 1.29 is 14.7 Å². The largest absolute Gasteiger partial charge is 0.476 e. The minimum absolute atomic E-state index is 0.0957. The van der Waals surface area contributed by atoms with E-state index in [9.17, 15) is 9.59 Å². The fourth-order valence-corrected chi connectivity index (χ4v) is 1.35. The van der Waals surface area contributed by atoms with Gasteiger partial charge in [-0.05, 0) is 19.8 Å². The molecule has 1 aromatic rings. The van der Waals surface area contributed by atoms with E-state index in [1.165, 1.54) is 6.20 Å². The predicted octanol–water partition coefficient (Wildman–Crippen LogP) is 0.254. The molecule has 2 rings (SSSR count). The van der Waals surface area contributed by atoms with Crippen LogP contribution in [0.5, 0.6) is 0 Å². The molecule has 0 aliphatic heterocycles. The van der Waals surface area contributed by atoms with E-state index in [-0.39, 0.29) is 11.6 Å². The molecule has 1 aromatic heterocycles. The van der Waals surface area contributed by atoms with Gasteiger partial charge in [-0.3, -0.25) is 4.79 Å². The summed E-state index contributed by atoms with van der Waals surface area (Å²) in [5.41, 5.74) is -0.129. The third-order valence-electron chi connectivity index (χ3n) is 2.55. The Balaban J connectivity index is 1.91. The minimum Gasteiger partial charge on any atom is -0.476 e.